The molecule has 1 aliphatic rings. The standard InChI is InChI=1S/C20H30N2O5/c1-3-5-14-26-20(24)21-16-10-12-22(13-11-16)19(23)15-27-18-8-6-17(7-9-18)25-4-2/h6-9,16H,3-5,10-15H2,1-2H3,(H,21,24). The van der Waals surface area contributed by atoms with Gasteiger partial charge in [0.25, 0.3) is 5.91 Å². The molecule has 1 N–H and O–H groups in total. The van der Waals surface area contributed by atoms with Gasteiger partial charge in [-0.05, 0) is 50.5 Å². The first kappa shape index (κ1) is 20.9. The van der Waals surface area contributed by atoms with Crippen molar-refractivity contribution in [3.63, 3.8) is 0 Å². The van der Waals surface area contributed by atoms with Gasteiger partial charge in [-0.2, -0.15) is 0 Å². The highest BCUT2D eigenvalue weighted by Gasteiger charge is 2.24. The summed E-state index contributed by atoms with van der Waals surface area (Å²) in [6.07, 6.45) is 2.93. The maximum atomic E-state index is 12.3. The lowest BCUT2D eigenvalue weighted by molar-refractivity contribution is -0.134. The van der Waals surface area contributed by atoms with Crippen LogP contribution in [0.2, 0.25) is 0 Å². The van der Waals surface area contributed by atoms with Crippen LogP contribution in [-0.2, 0) is 9.53 Å². The Morgan fingerprint density at radius 3 is 2.30 bits per heavy atom. The summed E-state index contributed by atoms with van der Waals surface area (Å²) >= 11 is 0. The predicted molar refractivity (Wildman–Crippen MR) is 102 cm³/mol. The number of carbonyl (C=O) groups excluding carboxylic acids is 2. The molecule has 1 aromatic carbocycles. The lowest BCUT2D eigenvalue weighted by Gasteiger charge is -2.32. The van der Waals surface area contributed by atoms with E-state index in [0.29, 0.717) is 32.1 Å². The summed E-state index contributed by atoms with van der Waals surface area (Å²) in [5, 5.41) is 2.87. The van der Waals surface area contributed by atoms with Crippen LogP contribution in [0.1, 0.15) is 39.5 Å². The Hall–Kier alpha value is -2.44. The minimum Gasteiger partial charge on any atom is -0.494 e. The summed E-state index contributed by atoms with van der Waals surface area (Å²) in [7, 11) is 0. The van der Waals surface area contributed by atoms with E-state index in [1.165, 1.54) is 0 Å². The largest absolute Gasteiger partial charge is 0.494 e. The molecule has 27 heavy (non-hydrogen) atoms. The van der Waals surface area contributed by atoms with Gasteiger partial charge in [0.15, 0.2) is 6.61 Å². The molecule has 2 amide bonds. The van der Waals surface area contributed by atoms with Gasteiger partial charge in [0.05, 0.1) is 13.2 Å². The van der Waals surface area contributed by atoms with E-state index < -0.39 is 0 Å². The second-order valence-corrected chi connectivity index (χ2v) is 6.48. The van der Waals surface area contributed by atoms with Crippen LogP contribution in [0.4, 0.5) is 4.79 Å². The number of rotatable bonds is 9. The molecule has 1 fully saturated rings. The average Bonchev–Trinajstić information content (AvgIpc) is 2.68. The van der Waals surface area contributed by atoms with E-state index in [2.05, 4.69) is 5.32 Å². The fraction of sp³-hybridized carbons (Fsp3) is 0.600. The van der Waals surface area contributed by atoms with Crippen molar-refractivity contribution >= 4 is 12.0 Å². The smallest absolute Gasteiger partial charge is 0.407 e. The molecule has 7 heteroatoms. The molecule has 2 rings (SSSR count). The molecule has 0 radical (unpaired) electrons. The normalized spacial score (nSPS) is 14.5. The monoisotopic (exact) mass is 378 g/mol. The molecule has 1 heterocycles. The topological polar surface area (TPSA) is 77.1 Å². The van der Waals surface area contributed by atoms with Gasteiger partial charge in [-0.15, -0.1) is 0 Å². The van der Waals surface area contributed by atoms with Gasteiger partial charge in [0.2, 0.25) is 0 Å². The first-order valence-electron chi connectivity index (χ1n) is 9.69. The third-order valence-corrected chi connectivity index (χ3v) is 4.40. The SMILES string of the molecule is CCCCOC(=O)NC1CCN(C(=O)COc2ccc(OCC)cc2)CC1. The first-order valence-corrected chi connectivity index (χ1v) is 9.69. The summed E-state index contributed by atoms with van der Waals surface area (Å²) in [6, 6.07) is 7.27. The Morgan fingerprint density at radius 2 is 1.70 bits per heavy atom. The Balaban J connectivity index is 1.66. The van der Waals surface area contributed by atoms with Gasteiger partial charge in [0.1, 0.15) is 11.5 Å². The van der Waals surface area contributed by atoms with Gasteiger partial charge >= 0.3 is 6.09 Å². The van der Waals surface area contributed by atoms with E-state index in [-0.39, 0.29) is 24.6 Å². The predicted octanol–water partition coefficient (Wildman–Crippen LogP) is 2.98. The van der Waals surface area contributed by atoms with Crippen LogP contribution in [0.15, 0.2) is 24.3 Å². The van der Waals surface area contributed by atoms with Crippen molar-refractivity contribution < 1.29 is 23.8 Å². The molecule has 1 aromatic rings. The number of unbranched alkanes of at least 4 members (excludes halogenated alkanes) is 1. The van der Waals surface area contributed by atoms with Crippen molar-refractivity contribution in [2.75, 3.05) is 32.9 Å². The molecule has 1 aliphatic heterocycles. The highest BCUT2D eigenvalue weighted by molar-refractivity contribution is 5.78. The number of amides is 2. The summed E-state index contributed by atoms with van der Waals surface area (Å²) in [5.74, 6) is 1.37. The van der Waals surface area contributed by atoms with Crippen LogP contribution in [0.25, 0.3) is 0 Å². The molecule has 0 saturated carbocycles. The highest BCUT2D eigenvalue weighted by Crippen LogP contribution is 2.18. The number of hydrogen-bond donors (Lipinski definition) is 1. The van der Waals surface area contributed by atoms with Crippen molar-refractivity contribution in [3.05, 3.63) is 24.3 Å². The Kier molecular flexibility index (Phi) is 8.74. The fourth-order valence-corrected chi connectivity index (χ4v) is 2.83. The van der Waals surface area contributed by atoms with E-state index in [1.807, 2.05) is 26.0 Å². The summed E-state index contributed by atoms with van der Waals surface area (Å²) in [5.41, 5.74) is 0. The number of benzene rings is 1. The van der Waals surface area contributed by atoms with Crippen LogP contribution < -0.4 is 14.8 Å². The van der Waals surface area contributed by atoms with Crippen LogP contribution in [0.5, 0.6) is 11.5 Å². The van der Waals surface area contributed by atoms with Crippen molar-refractivity contribution in [2.45, 2.75) is 45.6 Å². The number of nitrogens with one attached hydrogen (secondary N) is 1. The molecule has 0 unspecified atom stereocenters. The molecule has 0 atom stereocenters. The molecule has 0 bridgehead atoms. The summed E-state index contributed by atoms with van der Waals surface area (Å²) in [4.78, 5) is 25.8. The number of carbonyl (C=O) groups is 2. The first-order chi connectivity index (χ1) is 13.1. The average molecular weight is 378 g/mol. The van der Waals surface area contributed by atoms with Crippen molar-refractivity contribution in [1.82, 2.24) is 10.2 Å². The number of hydrogen-bond acceptors (Lipinski definition) is 5. The minimum atomic E-state index is -0.368. The third kappa shape index (κ3) is 7.37. The molecule has 0 aromatic heterocycles. The third-order valence-electron chi connectivity index (χ3n) is 4.40. The van der Waals surface area contributed by atoms with Crippen molar-refractivity contribution in [2.24, 2.45) is 0 Å². The van der Waals surface area contributed by atoms with E-state index in [4.69, 9.17) is 14.2 Å². The van der Waals surface area contributed by atoms with Gasteiger partial charge in [-0.1, -0.05) is 13.3 Å². The lowest BCUT2D eigenvalue weighted by atomic mass is 10.1. The number of alkyl carbamates (subject to hydrolysis) is 1. The Labute approximate surface area is 161 Å². The van der Waals surface area contributed by atoms with E-state index in [0.717, 1.165) is 31.4 Å². The maximum Gasteiger partial charge on any atom is 0.407 e. The molecule has 150 valence electrons. The second-order valence-electron chi connectivity index (χ2n) is 6.48. The minimum absolute atomic E-state index is 0.00510. The fourth-order valence-electron chi connectivity index (χ4n) is 2.83. The quantitative estimate of drug-likeness (QED) is 0.669. The maximum absolute atomic E-state index is 12.3. The van der Waals surface area contributed by atoms with E-state index >= 15 is 0 Å². The van der Waals surface area contributed by atoms with Crippen LogP contribution in [0.3, 0.4) is 0 Å². The second kappa shape index (κ2) is 11.3. The lowest BCUT2D eigenvalue weighted by Crippen LogP contribution is -2.47. The summed E-state index contributed by atoms with van der Waals surface area (Å²) in [6.45, 7) is 6.25. The molecule has 0 aliphatic carbocycles. The summed E-state index contributed by atoms with van der Waals surface area (Å²) < 4.78 is 16.1. The highest BCUT2D eigenvalue weighted by atomic mass is 16.5. The number of piperidine rings is 1. The van der Waals surface area contributed by atoms with Gasteiger partial charge < -0.3 is 24.4 Å². The molecule has 0 spiro atoms. The van der Waals surface area contributed by atoms with Crippen molar-refractivity contribution in [1.29, 1.82) is 0 Å². The van der Waals surface area contributed by atoms with Crippen LogP contribution in [0, 0.1) is 0 Å². The van der Waals surface area contributed by atoms with E-state index in [1.54, 1.807) is 17.0 Å². The Morgan fingerprint density at radius 1 is 1.07 bits per heavy atom. The van der Waals surface area contributed by atoms with Gasteiger partial charge in [0, 0.05) is 19.1 Å². The molecular weight excluding hydrogens is 348 g/mol. The zero-order valence-corrected chi connectivity index (χ0v) is 16.2. The van der Waals surface area contributed by atoms with E-state index in [9.17, 15) is 9.59 Å². The molecule has 1 saturated heterocycles. The number of nitrogens with zero attached hydrogens (tertiary/aromatic N) is 1. The van der Waals surface area contributed by atoms with Crippen LogP contribution >= 0.6 is 0 Å². The Bertz CT molecular complexity index is 583. The zero-order chi connectivity index (χ0) is 19.5. The molecule has 7 nitrogen and oxygen atoms in total. The molecular formula is C20H30N2O5. The zero-order valence-electron chi connectivity index (χ0n) is 16.2. The number of ether oxygens (including phenoxy) is 3. The number of likely N-dealkylation sites (tertiary alicyclic amines) is 1. The van der Waals surface area contributed by atoms with Crippen molar-refractivity contribution in [3.8, 4) is 11.5 Å². The van der Waals surface area contributed by atoms with Gasteiger partial charge in [-0.25, -0.2) is 4.79 Å². The van der Waals surface area contributed by atoms with Crippen LogP contribution in [-0.4, -0.2) is 55.9 Å². The van der Waals surface area contributed by atoms with Gasteiger partial charge in [-0.3, -0.25) is 4.79 Å².